The van der Waals surface area contributed by atoms with Gasteiger partial charge in [0.05, 0.1) is 25.4 Å². The van der Waals surface area contributed by atoms with Crippen LogP contribution in [-0.2, 0) is 18.9 Å². The molecule has 0 aromatic carbocycles. The summed E-state index contributed by atoms with van der Waals surface area (Å²) in [5.74, 6) is 1.14. The van der Waals surface area contributed by atoms with Crippen LogP contribution in [0.15, 0.2) is 23.3 Å². The summed E-state index contributed by atoms with van der Waals surface area (Å²) >= 11 is 0. The summed E-state index contributed by atoms with van der Waals surface area (Å²) in [6.45, 7) is 17.1. The normalized spacial score (nSPS) is 51.9. The fraction of sp³-hybridized carbons (Fsp3) is 0.905. The van der Waals surface area contributed by atoms with E-state index in [1.54, 1.807) is 0 Å². The topological polar surface area (TPSA) is 199 Å². The van der Waals surface area contributed by atoms with Crippen LogP contribution in [-0.4, -0.2) is 128 Å². The van der Waals surface area contributed by atoms with Gasteiger partial charge in [0.15, 0.2) is 12.6 Å². The molecular formula is C42H70O12. The van der Waals surface area contributed by atoms with Crippen molar-refractivity contribution < 1.29 is 59.8 Å². The third-order valence-electron chi connectivity index (χ3n) is 16.1. The third kappa shape index (κ3) is 6.89. The molecule has 0 radical (unpaired) electrons. The number of aliphatic hydroxyl groups is 8. The molecule has 2 heterocycles. The fourth-order valence-electron chi connectivity index (χ4n) is 12.9. The molecule has 0 bridgehead atoms. The predicted octanol–water partition coefficient (Wildman–Crippen LogP) is 2.95. The van der Waals surface area contributed by atoms with E-state index in [4.69, 9.17) is 18.9 Å². The van der Waals surface area contributed by atoms with Crippen molar-refractivity contribution in [1.82, 2.24) is 0 Å². The van der Waals surface area contributed by atoms with Crippen LogP contribution >= 0.6 is 0 Å². The second kappa shape index (κ2) is 15.6. The smallest absolute Gasteiger partial charge is 0.187 e. The molecule has 6 rings (SSSR count). The highest BCUT2D eigenvalue weighted by atomic mass is 16.8. The van der Waals surface area contributed by atoms with Crippen LogP contribution in [0.1, 0.15) is 107 Å². The molecule has 4 saturated carbocycles. The first-order valence-corrected chi connectivity index (χ1v) is 20.5. The van der Waals surface area contributed by atoms with Gasteiger partial charge in [-0.2, -0.15) is 0 Å². The molecule has 0 amide bonds. The number of aliphatic hydroxyl groups excluding tert-OH is 8. The van der Waals surface area contributed by atoms with E-state index in [0.29, 0.717) is 18.3 Å². The number of hydrogen-bond acceptors (Lipinski definition) is 12. The molecular weight excluding hydrogens is 696 g/mol. The molecule has 12 nitrogen and oxygen atoms in total. The van der Waals surface area contributed by atoms with Crippen molar-refractivity contribution in [2.24, 2.45) is 45.3 Å². The van der Waals surface area contributed by atoms with Gasteiger partial charge in [0.1, 0.15) is 48.8 Å². The summed E-state index contributed by atoms with van der Waals surface area (Å²) in [4.78, 5) is 0. The maximum Gasteiger partial charge on any atom is 0.187 e. The first-order valence-electron chi connectivity index (χ1n) is 20.5. The van der Waals surface area contributed by atoms with Crippen LogP contribution in [0.4, 0.5) is 0 Å². The molecule has 0 unspecified atom stereocenters. The lowest BCUT2D eigenvalue weighted by molar-refractivity contribution is -0.378. The minimum absolute atomic E-state index is 0.00171. The molecule has 2 saturated heterocycles. The van der Waals surface area contributed by atoms with Crippen molar-refractivity contribution in [2.45, 2.75) is 180 Å². The van der Waals surface area contributed by atoms with Crippen molar-refractivity contribution in [3.05, 3.63) is 23.3 Å². The molecule has 19 atom stereocenters. The van der Waals surface area contributed by atoms with E-state index in [-0.39, 0.29) is 40.3 Å². The number of ether oxygens (including phenoxy) is 4. The fourth-order valence-corrected chi connectivity index (χ4v) is 12.9. The van der Waals surface area contributed by atoms with Gasteiger partial charge in [-0.15, -0.1) is 0 Å². The van der Waals surface area contributed by atoms with Crippen LogP contribution in [0.2, 0.25) is 0 Å². The number of fused-ring (bicyclic) bond motifs is 5. The van der Waals surface area contributed by atoms with Gasteiger partial charge in [-0.25, -0.2) is 0 Å². The van der Waals surface area contributed by atoms with E-state index < -0.39 is 80.0 Å². The highest BCUT2D eigenvalue weighted by Crippen LogP contribution is 2.75. The Morgan fingerprint density at radius 2 is 1.28 bits per heavy atom. The first kappa shape index (κ1) is 42.6. The van der Waals surface area contributed by atoms with Gasteiger partial charge in [-0.05, 0) is 117 Å². The molecule has 0 spiro atoms. The molecule has 310 valence electrons. The Labute approximate surface area is 321 Å². The third-order valence-corrected chi connectivity index (χ3v) is 16.1. The zero-order valence-corrected chi connectivity index (χ0v) is 33.7. The van der Waals surface area contributed by atoms with Gasteiger partial charge >= 0.3 is 0 Å². The average molecular weight is 767 g/mol. The van der Waals surface area contributed by atoms with Gasteiger partial charge in [0, 0.05) is 0 Å². The number of rotatable bonds is 9. The lowest BCUT2D eigenvalue weighted by Gasteiger charge is -2.70. The second-order valence-electron chi connectivity index (χ2n) is 19.4. The monoisotopic (exact) mass is 766 g/mol. The Bertz CT molecular complexity index is 1380. The molecule has 0 aromatic heterocycles. The zero-order valence-electron chi connectivity index (χ0n) is 33.7. The summed E-state index contributed by atoms with van der Waals surface area (Å²) in [6, 6.07) is 0. The highest BCUT2D eigenvalue weighted by molar-refractivity contribution is 5.23. The quantitative estimate of drug-likeness (QED) is 0.126. The molecule has 2 aliphatic heterocycles. The summed E-state index contributed by atoms with van der Waals surface area (Å²) in [7, 11) is 0. The van der Waals surface area contributed by atoms with Gasteiger partial charge in [0.2, 0.25) is 0 Å². The van der Waals surface area contributed by atoms with Crippen molar-refractivity contribution in [2.75, 3.05) is 13.2 Å². The summed E-state index contributed by atoms with van der Waals surface area (Å²) in [6.07, 6.45) is -3.65. The van der Waals surface area contributed by atoms with Crippen LogP contribution in [0.3, 0.4) is 0 Å². The van der Waals surface area contributed by atoms with Gasteiger partial charge < -0.3 is 59.8 Å². The molecule has 6 aliphatic rings. The van der Waals surface area contributed by atoms with Gasteiger partial charge in [-0.3, -0.25) is 0 Å². The molecule has 54 heavy (non-hydrogen) atoms. The van der Waals surface area contributed by atoms with Gasteiger partial charge in [0.25, 0.3) is 0 Å². The predicted molar refractivity (Wildman–Crippen MR) is 199 cm³/mol. The van der Waals surface area contributed by atoms with Crippen LogP contribution in [0.5, 0.6) is 0 Å². The Balaban J connectivity index is 1.23. The summed E-state index contributed by atoms with van der Waals surface area (Å²) < 4.78 is 24.4. The molecule has 4 aliphatic carbocycles. The molecule has 0 aromatic rings. The SMILES string of the molecule is CC(C)=CC/C=C(\C)[C@@H]1CC[C@@]2(C)[C@H]1[C@H](O)C[C@H]1[C@]3(C)CC[C@@H](O[C@H]4O[C@@H](CO)[C@H](O)[C@@H](O)[C@@H]4O[C@@H]4O[C@H](CO)[C@H](O)[C@H](O)[C@@H]4O)C(C)(C)[C@@H]3CC[C@]12C. The zero-order chi connectivity index (χ0) is 39.7. The van der Waals surface area contributed by atoms with E-state index in [1.165, 1.54) is 11.1 Å². The van der Waals surface area contributed by atoms with E-state index in [0.717, 1.165) is 44.9 Å². The maximum atomic E-state index is 12.1. The van der Waals surface area contributed by atoms with Crippen LogP contribution < -0.4 is 0 Å². The standard InChI is InChI=1S/C42H70O12/c1-21(2)10-9-11-22(3)23-12-16-42(8)30(23)24(45)18-28-40(6)15-14-29(39(4,5)27(40)13-17-41(28,42)7)53-38-36(34(49)32(47)26(20-44)52-38)54-37-35(50)33(48)31(46)25(19-43)51-37/h10-11,23-38,43-50H,9,12-20H2,1-8H3/b22-11+/t23-,24+,25+,26-,27-,28-,29+,30+,31-,32-,33-,34+,35-,36-,37-,38+,40+,41+,42-/m0/s1. The summed E-state index contributed by atoms with van der Waals surface area (Å²) in [5, 5.41) is 85.4. The highest BCUT2D eigenvalue weighted by Gasteiger charge is 2.70. The maximum absolute atomic E-state index is 12.1. The average Bonchev–Trinajstić information content (AvgIpc) is 3.49. The summed E-state index contributed by atoms with van der Waals surface area (Å²) in [5.41, 5.74) is 2.29. The minimum atomic E-state index is -1.74. The Kier molecular flexibility index (Phi) is 12.3. The Morgan fingerprint density at radius 1 is 0.667 bits per heavy atom. The van der Waals surface area contributed by atoms with E-state index in [2.05, 4.69) is 67.5 Å². The van der Waals surface area contributed by atoms with Crippen LogP contribution in [0.25, 0.3) is 0 Å². The number of hydrogen-bond donors (Lipinski definition) is 8. The van der Waals surface area contributed by atoms with Crippen molar-refractivity contribution >= 4 is 0 Å². The van der Waals surface area contributed by atoms with E-state index in [1.807, 2.05) is 0 Å². The van der Waals surface area contributed by atoms with E-state index >= 15 is 0 Å². The van der Waals surface area contributed by atoms with E-state index in [9.17, 15) is 40.9 Å². The lowest BCUT2D eigenvalue weighted by atomic mass is 9.35. The largest absolute Gasteiger partial charge is 0.394 e. The van der Waals surface area contributed by atoms with Crippen molar-refractivity contribution in [3.63, 3.8) is 0 Å². The van der Waals surface area contributed by atoms with Crippen LogP contribution in [0, 0.1) is 45.3 Å². The Hall–Kier alpha value is -1.00. The molecule has 12 heteroatoms. The first-order chi connectivity index (χ1) is 25.3. The van der Waals surface area contributed by atoms with Crippen molar-refractivity contribution in [1.29, 1.82) is 0 Å². The molecule has 6 fully saturated rings. The lowest BCUT2D eigenvalue weighted by Crippen LogP contribution is -2.67. The minimum Gasteiger partial charge on any atom is -0.394 e. The number of allylic oxidation sites excluding steroid dienone is 4. The Morgan fingerprint density at radius 3 is 1.91 bits per heavy atom. The molecule has 8 N–H and O–H groups in total. The van der Waals surface area contributed by atoms with Crippen molar-refractivity contribution in [3.8, 4) is 0 Å². The van der Waals surface area contributed by atoms with Gasteiger partial charge in [-0.1, -0.05) is 57.9 Å². The second-order valence-corrected chi connectivity index (χ2v) is 19.4.